The van der Waals surface area contributed by atoms with Crippen LogP contribution in [0.3, 0.4) is 0 Å². The van der Waals surface area contributed by atoms with E-state index >= 15 is 0 Å². The van der Waals surface area contributed by atoms with Gasteiger partial charge in [-0.2, -0.15) is 0 Å². The molecule has 6 rings (SSSR count). The second-order valence-corrected chi connectivity index (χ2v) is 9.76. The Labute approximate surface area is 187 Å². The minimum Gasteiger partial charge on any atom is -0.347 e. The first-order valence-corrected chi connectivity index (χ1v) is 11.6. The van der Waals surface area contributed by atoms with Gasteiger partial charge in [0.2, 0.25) is 0 Å². The molecule has 2 aromatic heterocycles. The molecule has 3 aliphatic rings. The maximum atomic E-state index is 6.78. The van der Waals surface area contributed by atoms with E-state index in [0.717, 1.165) is 53.4 Å². The van der Waals surface area contributed by atoms with E-state index in [1.54, 1.807) is 0 Å². The molecule has 160 valence electrons. The lowest BCUT2D eigenvalue weighted by atomic mass is 9.55. The molecule has 0 radical (unpaired) electrons. The maximum absolute atomic E-state index is 6.78. The second kappa shape index (κ2) is 6.96. The van der Waals surface area contributed by atoms with Crippen molar-refractivity contribution >= 4 is 22.5 Å². The highest BCUT2D eigenvalue weighted by atomic mass is 35.5. The van der Waals surface area contributed by atoms with Crippen LogP contribution in [0.25, 0.3) is 22.3 Å². The number of halogens is 1. The van der Waals surface area contributed by atoms with E-state index in [1.165, 1.54) is 0 Å². The van der Waals surface area contributed by atoms with Crippen LogP contribution in [-0.2, 0) is 21.3 Å². The normalized spacial score (nSPS) is 29.1. The van der Waals surface area contributed by atoms with Crippen LogP contribution in [0, 0.1) is 11.8 Å². The lowest BCUT2D eigenvalue weighted by Gasteiger charge is -2.54. The lowest BCUT2D eigenvalue weighted by molar-refractivity contribution is -0.234. The monoisotopic (exact) mass is 435 g/mol. The Morgan fingerprint density at radius 2 is 1.87 bits per heavy atom. The first-order chi connectivity index (χ1) is 15.0. The number of nitrogens with zero attached hydrogens (tertiary/aromatic N) is 3. The first-order valence-electron chi connectivity index (χ1n) is 11.2. The van der Waals surface area contributed by atoms with Gasteiger partial charge < -0.3 is 9.47 Å². The predicted molar refractivity (Wildman–Crippen MR) is 120 cm³/mol. The summed E-state index contributed by atoms with van der Waals surface area (Å²) < 4.78 is 12.3. The molecule has 2 fully saturated rings. The summed E-state index contributed by atoms with van der Waals surface area (Å²) in [7, 11) is 0. The lowest BCUT2D eigenvalue weighted by Crippen LogP contribution is -2.55. The first kappa shape index (κ1) is 19.6. The fourth-order valence-corrected chi connectivity index (χ4v) is 6.57. The van der Waals surface area contributed by atoms with Crippen LogP contribution in [0.2, 0.25) is 5.15 Å². The molecule has 1 saturated carbocycles. The standard InChI is InChI=1S/C25H26ClN3O2/c1-15-19-8-7-18-21(24(19,2)10-11-25(15)30-13-14-31-25)28-23(29-22(18)26)17-9-12-27-20-6-4-3-5-16(17)20/h3-6,9,12,15,19H,7-8,10-11,13-14H2,1-2H3/t15-,19-,24-/m1/s1. The summed E-state index contributed by atoms with van der Waals surface area (Å²) >= 11 is 6.78. The molecule has 31 heavy (non-hydrogen) atoms. The second-order valence-electron chi connectivity index (χ2n) is 9.40. The Bertz CT molecular complexity index is 1170. The molecule has 0 unspecified atom stereocenters. The Hall–Kier alpha value is -2.08. The molecule has 3 atom stereocenters. The van der Waals surface area contributed by atoms with Crippen molar-refractivity contribution in [3.8, 4) is 11.4 Å². The van der Waals surface area contributed by atoms with E-state index in [2.05, 4.69) is 24.9 Å². The fourth-order valence-electron chi connectivity index (χ4n) is 6.31. The average molecular weight is 436 g/mol. The van der Waals surface area contributed by atoms with Gasteiger partial charge in [0, 0.05) is 40.5 Å². The predicted octanol–water partition coefficient (Wildman–Crippen LogP) is 5.34. The Morgan fingerprint density at radius 1 is 1.06 bits per heavy atom. The molecule has 0 amide bonds. The molecule has 1 aliphatic heterocycles. The summed E-state index contributed by atoms with van der Waals surface area (Å²) in [5, 5.41) is 1.63. The fraction of sp³-hybridized carbons (Fsp3) is 0.480. The Morgan fingerprint density at radius 3 is 2.71 bits per heavy atom. The van der Waals surface area contributed by atoms with Crippen LogP contribution in [0.5, 0.6) is 0 Å². The zero-order chi connectivity index (χ0) is 21.2. The average Bonchev–Trinajstić information content (AvgIpc) is 3.27. The molecule has 5 nitrogen and oxygen atoms in total. The van der Waals surface area contributed by atoms with Gasteiger partial charge in [-0.1, -0.05) is 43.6 Å². The number of pyridine rings is 1. The van der Waals surface area contributed by atoms with E-state index in [9.17, 15) is 0 Å². The molecular weight excluding hydrogens is 410 g/mol. The third kappa shape index (κ3) is 2.80. The third-order valence-corrected chi connectivity index (χ3v) is 8.29. The van der Waals surface area contributed by atoms with Gasteiger partial charge in [0.15, 0.2) is 11.6 Å². The van der Waals surface area contributed by atoms with Crippen molar-refractivity contribution in [2.75, 3.05) is 13.2 Å². The van der Waals surface area contributed by atoms with Crippen molar-refractivity contribution in [3.63, 3.8) is 0 Å². The number of aromatic nitrogens is 3. The number of hydrogen-bond donors (Lipinski definition) is 0. The number of hydrogen-bond acceptors (Lipinski definition) is 5. The summed E-state index contributed by atoms with van der Waals surface area (Å²) in [6, 6.07) is 10.1. The summed E-state index contributed by atoms with van der Waals surface area (Å²) in [4.78, 5) is 14.4. The molecule has 0 bridgehead atoms. The zero-order valence-corrected chi connectivity index (χ0v) is 18.7. The molecule has 6 heteroatoms. The van der Waals surface area contributed by atoms with Crippen molar-refractivity contribution in [3.05, 3.63) is 52.9 Å². The summed E-state index contributed by atoms with van der Waals surface area (Å²) in [6.07, 6.45) is 5.63. The summed E-state index contributed by atoms with van der Waals surface area (Å²) in [6.45, 7) is 6.03. The van der Waals surface area contributed by atoms with Crippen molar-refractivity contribution in [2.45, 2.75) is 50.7 Å². The molecule has 3 heterocycles. The van der Waals surface area contributed by atoms with Gasteiger partial charge >= 0.3 is 0 Å². The largest absolute Gasteiger partial charge is 0.347 e. The topological polar surface area (TPSA) is 57.1 Å². The number of ether oxygens (including phenoxy) is 2. The van der Waals surface area contributed by atoms with Crippen LogP contribution in [0.4, 0.5) is 0 Å². The molecule has 0 N–H and O–H groups in total. The molecule has 1 aromatic carbocycles. The van der Waals surface area contributed by atoms with Gasteiger partial charge in [0.25, 0.3) is 0 Å². The van der Waals surface area contributed by atoms with E-state index in [-0.39, 0.29) is 5.41 Å². The molecule has 1 spiro atoms. The summed E-state index contributed by atoms with van der Waals surface area (Å²) in [5.74, 6) is 0.994. The van der Waals surface area contributed by atoms with Gasteiger partial charge in [0.05, 0.1) is 24.4 Å². The van der Waals surface area contributed by atoms with E-state index in [0.29, 0.717) is 36.0 Å². The van der Waals surface area contributed by atoms with Gasteiger partial charge in [-0.05, 0) is 37.3 Å². The van der Waals surface area contributed by atoms with Crippen LogP contribution in [-0.4, -0.2) is 34.0 Å². The Balaban J connectivity index is 1.49. The molecular formula is C25H26ClN3O2. The highest BCUT2D eigenvalue weighted by Gasteiger charge is 2.57. The highest BCUT2D eigenvalue weighted by molar-refractivity contribution is 6.30. The van der Waals surface area contributed by atoms with E-state index < -0.39 is 5.79 Å². The quantitative estimate of drug-likeness (QED) is 0.483. The van der Waals surface area contributed by atoms with Gasteiger partial charge in [0.1, 0.15) is 5.15 Å². The number of para-hydroxylation sites is 1. The zero-order valence-electron chi connectivity index (χ0n) is 17.9. The maximum Gasteiger partial charge on any atom is 0.171 e. The smallest absolute Gasteiger partial charge is 0.171 e. The minimum absolute atomic E-state index is 0.0717. The Kier molecular flexibility index (Phi) is 4.40. The van der Waals surface area contributed by atoms with Gasteiger partial charge in [-0.3, -0.25) is 4.98 Å². The molecule has 3 aromatic rings. The van der Waals surface area contributed by atoms with Crippen molar-refractivity contribution in [2.24, 2.45) is 11.8 Å². The van der Waals surface area contributed by atoms with Gasteiger partial charge in [-0.15, -0.1) is 0 Å². The van der Waals surface area contributed by atoms with Crippen molar-refractivity contribution in [1.82, 2.24) is 15.0 Å². The van der Waals surface area contributed by atoms with Crippen LogP contribution in [0.1, 0.15) is 44.4 Å². The van der Waals surface area contributed by atoms with Crippen molar-refractivity contribution < 1.29 is 9.47 Å². The SMILES string of the molecule is C[C@@H]1[C@H]2CCc3c(Cl)nc(-c4ccnc5ccccc45)nc3[C@]2(C)CCC12OCCO2. The van der Waals surface area contributed by atoms with E-state index in [1.807, 2.05) is 30.5 Å². The number of rotatable bonds is 1. The van der Waals surface area contributed by atoms with Crippen LogP contribution >= 0.6 is 11.6 Å². The number of benzene rings is 1. The highest BCUT2D eigenvalue weighted by Crippen LogP contribution is 2.57. The summed E-state index contributed by atoms with van der Waals surface area (Å²) in [5.41, 5.74) is 4.06. The van der Waals surface area contributed by atoms with E-state index in [4.69, 9.17) is 31.0 Å². The van der Waals surface area contributed by atoms with Crippen molar-refractivity contribution in [1.29, 1.82) is 0 Å². The minimum atomic E-state index is -0.428. The van der Waals surface area contributed by atoms with Crippen LogP contribution in [0.15, 0.2) is 36.5 Å². The van der Waals surface area contributed by atoms with Gasteiger partial charge in [-0.25, -0.2) is 9.97 Å². The number of fused-ring (bicyclic) bond motifs is 4. The third-order valence-electron chi connectivity index (χ3n) is 7.98. The van der Waals surface area contributed by atoms with Crippen LogP contribution < -0.4 is 0 Å². The molecule has 1 saturated heterocycles. The molecule has 2 aliphatic carbocycles.